The molecule has 0 saturated carbocycles. The monoisotopic (exact) mass is 283 g/mol. The van der Waals surface area contributed by atoms with Crippen LogP contribution in [0.4, 0.5) is 5.00 Å². The van der Waals surface area contributed by atoms with Crippen molar-refractivity contribution in [1.29, 1.82) is 0 Å². The first kappa shape index (κ1) is 11.3. The molecule has 0 atom stereocenters. The molecule has 0 spiro atoms. The summed E-state index contributed by atoms with van der Waals surface area (Å²) >= 11 is 6.04. The normalized spacial score (nSPS) is 14.8. The standard InChI is InChI=1S/C12H10ClNOS2/c13-10-11(16-17-12(10)15)14-6-5-8-3-1-2-4-9(8)7-14/h1-4H,5-7H2. The van der Waals surface area contributed by atoms with Crippen molar-refractivity contribution in [3.8, 4) is 0 Å². The fourth-order valence-electron chi connectivity index (χ4n) is 2.10. The lowest BCUT2D eigenvalue weighted by molar-refractivity contribution is 0.738. The Balaban J connectivity index is 1.94. The number of hydrogen-bond donors (Lipinski definition) is 0. The summed E-state index contributed by atoms with van der Waals surface area (Å²) in [7, 11) is 2.70. The van der Waals surface area contributed by atoms with Gasteiger partial charge in [0.1, 0.15) is 10.0 Å². The van der Waals surface area contributed by atoms with Crippen molar-refractivity contribution in [2.45, 2.75) is 13.0 Å². The van der Waals surface area contributed by atoms with Gasteiger partial charge in [-0.1, -0.05) is 46.2 Å². The molecule has 1 aliphatic heterocycles. The van der Waals surface area contributed by atoms with Crippen LogP contribution in [0.3, 0.4) is 0 Å². The van der Waals surface area contributed by atoms with Gasteiger partial charge in [0.05, 0.1) is 0 Å². The summed E-state index contributed by atoms with van der Waals surface area (Å²) in [5.74, 6) is 0. The molecule has 0 bridgehead atoms. The smallest absolute Gasteiger partial charge is 0.263 e. The molecule has 0 aliphatic carbocycles. The van der Waals surface area contributed by atoms with E-state index < -0.39 is 0 Å². The van der Waals surface area contributed by atoms with E-state index in [9.17, 15) is 4.79 Å². The summed E-state index contributed by atoms with van der Waals surface area (Å²) in [5.41, 5.74) is 2.74. The van der Waals surface area contributed by atoms with E-state index in [2.05, 4.69) is 29.2 Å². The average Bonchev–Trinajstić information content (AvgIpc) is 2.70. The van der Waals surface area contributed by atoms with Crippen molar-refractivity contribution >= 4 is 37.3 Å². The topological polar surface area (TPSA) is 20.3 Å². The summed E-state index contributed by atoms with van der Waals surface area (Å²) in [5, 5.41) is 1.32. The molecule has 0 N–H and O–H groups in total. The molecule has 0 saturated heterocycles. The van der Waals surface area contributed by atoms with E-state index >= 15 is 0 Å². The third-order valence-electron chi connectivity index (χ3n) is 2.98. The first-order chi connectivity index (χ1) is 8.25. The van der Waals surface area contributed by atoms with E-state index in [0.29, 0.717) is 5.02 Å². The summed E-state index contributed by atoms with van der Waals surface area (Å²) < 4.78 is -0.0227. The van der Waals surface area contributed by atoms with Crippen LogP contribution in [0.25, 0.3) is 0 Å². The van der Waals surface area contributed by atoms with Gasteiger partial charge >= 0.3 is 0 Å². The Morgan fingerprint density at radius 1 is 1.18 bits per heavy atom. The highest BCUT2D eigenvalue weighted by Crippen LogP contribution is 2.34. The molecule has 0 amide bonds. The fourth-order valence-corrected chi connectivity index (χ4v) is 4.82. The first-order valence-corrected chi connectivity index (χ1v) is 7.89. The van der Waals surface area contributed by atoms with Gasteiger partial charge in [-0.05, 0) is 27.9 Å². The lowest BCUT2D eigenvalue weighted by Crippen LogP contribution is -2.30. The molecule has 2 aromatic rings. The van der Waals surface area contributed by atoms with Gasteiger partial charge in [-0.3, -0.25) is 4.79 Å². The van der Waals surface area contributed by atoms with Crippen molar-refractivity contribution in [3.05, 3.63) is 50.0 Å². The maximum Gasteiger partial charge on any atom is 0.263 e. The van der Waals surface area contributed by atoms with E-state index in [4.69, 9.17) is 11.6 Å². The third-order valence-corrected chi connectivity index (χ3v) is 5.79. The second-order valence-corrected chi connectivity index (χ2v) is 6.48. The van der Waals surface area contributed by atoms with E-state index in [-0.39, 0.29) is 4.74 Å². The van der Waals surface area contributed by atoms with Crippen molar-refractivity contribution < 1.29 is 0 Å². The van der Waals surface area contributed by atoms with Crippen LogP contribution in [0.1, 0.15) is 11.1 Å². The van der Waals surface area contributed by atoms with Gasteiger partial charge in [0.15, 0.2) is 0 Å². The minimum absolute atomic E-state index is 0.0227. The zero-order chi connectivity index (χ0) is 11.8. The van der Waals surface area contributed by atoms with Gasteiger partial charge in [-0.25, -0.2) is 0 Å². The van der Waals surface area contributed by atoms with Crippen molar-refractivity contribution in [2.24, 2.45) is 0 Å². The Bertz CT molecular complexity index is 605. The SMILES string of the molecule is O=c1ssc(N2CCc3ccccc3C2)c1Cl. The van der Waals surface area contributed by atoms with Gasteiger partial charge in [-0.15, -0.1) is 0 Å². The predicted octanol–water partition coefficient (Wildman–Crippen LogP) is 3.39. The largest absolute Gasteiger partial charge is 0.357 e. The summed E-state index contributed by atoms with van der Waals surface area (Å²) in [6, 6.07) is 8.44. The number of nitrogens with zero attached hydrogens (tertiary/aromatic N) is 1. The highest BCUT2D eigenvalue weighted by Gasteiger charge is 2.20. The molecule has 1 aliphatic rings. The van der Waals surface area contributed by atoms with E-state index in [1.807, 2.05) is 0 Å². The molecule has 3 rings (SSSR count). The summed E-state index contributed by atoms with van der Waals surface area (Å²) in [6.07, 6.45) is 1.02. The number of fused-ring (bicyclic) bond motifs is 1. The quantitative estimate of drug-likeness (QED) is 0.748. The lowest BCUT2D eigenvalue weighted by atomic mass is 10.0. The van der Waals surface area contributed by atoms with Crippen LogP contribution in [-0.4, -0.2) is 6.54 Å². The Kier molecular flexibility index (Phi) is 2.94. The van der Waals surface area contributed by atoms with E-state index in [1.54, 1.807) is 0 Å². The van der Waals surface area contributed by atoms with Crippen molar-refractivity contribution in [3.63, 3.8) is 0 Å². The number of rotatable bonds is 1. The number of hydrogen-bond acceptors (Lipinski definition) is 4. The van der Waals surface area contributed by atoms with Crippen molar-refractivity contribution in [1.82, 2.24) is 0 Å². The van der Waals surface area contributed by atoms with Gasteiger partial charge < -0.3 is 4.90 Å². The maximum atomic E-state index is 11.4. The zero-order valence-corrected chi connectivity index (χ0v) is 11.4. The molecule has 2 nitrogen and oxygen atoms in total. The van der Waals surface area contributed by atoms with Gasteiger partial charge in [0.25, 0.3) is 4.74 Å². The highest BCUT2D eigenvalue weighted by molar-refractivity contribution is 7.70. The highest BCUT2D eigenvalue weighted by atomic mass is 35.5. The van der Waals surface area contributed by atoms with Crippen LogP contribution < -0.4 is 9.64 Å². The van der Waals surface area contributed by atoms with Gasteiger partial charge in [0, 0.05) is 13.1 Å². The number of benzene rings is 1. The molecule has 17 heavy (non-hydrogen) atoms. The van der Waals surface area contributed by atoms with Crippen LogP contribution in [-0.2, 0) is 13.0 Å². The van der Waals surface area contributed by atoms with Crippen LogP contribution in [0.5, 0.6) is 0 Å². The second kappa shape index (κ2) is 4.44. The molecule has 1 aromatic carbocycles. The number of halogens is 1. The Morgan fingerprint density at radius 2 is 1.94 bits per heavy atom. The average molecular weight is 284 g/mol. The lowest BCUT2D eigenvalue weighted by Gasteiger charge is -2.29. The molecular formula is C12H10ClNOS2. The minimum atomic E-state index is -0.0227. The van der Waals surface area contributed by atoms with Crippen molar-refractivity contribution in [2.75, 3.05) is 11.4 Å². The van der Waals surface area contributed by atoms with Gasteiger partial charge in [0.2, 0.25) is 0 Å². The first-order valence-electron chi connectivity index (χ1n) is 5.36. The fraction of sp³-hybridized carbons (Fsp3) is 0.250. The van der Waals surface area contributed by atoms with Crippen LogP contribution in [0.2, 0.25) is 5.02 Å². The Morgan fingerprint density at radius 3 is 2.65 bits per heavy atom. The molecule has 0 unspecified atom stereocenters. The molecule has 1 aromatic heterocycles. The van der Waals surface area contributed by atoms with Crippen LogP contribution >= 0.6 is 32.3 Å². The molecule has 0 fully saturated rings. The second-order valence-electron chi connectivity index (χ2n) is 4.01. The Hall–Kier alpha value is -0.840. The van der Waals surface area contributed by atoms with Gasteiger partial charge in [-0.2, -0.15) is 0 Å². The van der Waals surface area contributed by atoms with E-state index in [0.717, 1.165) is 24.5 Å². The summed E-state index contributed by atoms with van der Waals surface area (Å²) in [6.45, 7) is 1.78. The molecule has 5 heteroatoms. The molecule has 88 valence electrons. The van der Waals surface area contributed by atoms with Crippen LogP contribution in [0.15, 0.2) is 29.1 Å². The zero-order valence-electron chi connectivity index (χ0n) is 8.98. The van der Waals surface area contributed by atoms with Crippen LogP contribution in [0, 0.1) is 0 Å². The maximum absolute atomic E-state index is 11.4. The molecule has 0 radical (unpaired) electrons. The minimum Gasteiger partial charge on any atom is -0.357 e. The third kappa shape index (κ3) is 2.01. The number of anilines is 1. The molecule has 2 heterocycles. The van der Waals surface area contributed by atoms with E-state index in [1.165, 1.54) is 31.8 Å². The molecular weight excluding hydrogens is 274 g/mol. The summed E-state index contributed by atoms with van der Waals surface area (Å²) in [4.78, 5) is 13.6. The Labute approximate surface area is 111 Å². The predicted molar refractivity (Wildman–Crippen MR) is 74.7 cm³/mol.